The quantitative estimate of drug-likeness (QED) is 0.741. The fourth-order valence-electron chi connectivity index (χ4n) is 3.09. The number of carbonyl (C=O) groups excluding carboxylic acids is 1. The molecule has 136 valence electrons. The van der Waals surface area contributed by atoms with Crippen LogP contribution in [0.5, 0.6) is 11.5 Å². The number of rotatable bonds is 7. The smallest absolute Gasteiger partial charge is 0.234 e. The van der Waals surface area contributed by atoms with Gasteiger partial charge in [-0.1, -0.05) is 24.3 Å². The Kier molecular flexibility index (Phi) is 4.53. The van der Waals surface area contributed by atoms with E-state index in [1.807, 2.05) is 0 Å². The molecule has 2 aromatic rings. The third-order valence-electron chi connectivity index (χ3n) is 4.66. The van der Waals surface area contributed by atoms with Crippen molar-refractivity contribution in [2.75, 3.05) is 26.3 Å². The molecular formula is C20H21NO5. The highest BCUT2D eigenvalue weighted by atomic mass is 16.6. The molecular weight excluding hydrogens is 334 g/mol. The SMILES string of the molecule is O=C(C(c1ccc(O)cc1)c1ccc(O)cc1)N(CC1CO1)CC1CO1. The van der Waals surface area contributed by atoms with Crippen molar-refractivity contribution in [2.24, 2.45) is 0 Å². The first kappa shape index (κ1) is 16.9. The van der Waals surface area contributed by atoms with E-state index in [0.717, 1.165) is 11.1 Å². The molecule has 2 aliphatic rings. The van der Waals surface area contributed by atoms with E-state index in [1.165, 1.54) is 0 Å². The van der Waals surface area contributed by atoms with E-state index >= 15 is 0 Å². The van der Waals surface area contributed by atoms with Crippen molar-refractivity contribution >= 4 is 5.91 Å². The average Bonchev–Trinajstić information content (AvgIpc) is 3.54. The van der Waals surface area contributed by atoms with E-state index in [0.29, 0.717) is 26.3 Å². The van der Waals surface area contributed by atoms with Crippen LogP contribution < -0.4 is 0 Å². The first-order valence-electron chi connectivity index (χ1n) is 8.70. The van der Waals surface area contributed by atoms with Gasteiger partial charge < -0.3 is 24.6 Å². The Balaban J connectivity index is 1.66. The van der Waals surface area contributed by atoms with Crippen molar-refractivity contribution in [3.63, 3.8) is 0 Å². The summed E-state index contributed by atoms with van der Waals surface area (Å²) in [6.45, 7) is 2.45. The third-order valence-corrected chi connectivity index (χ3v) is 4.66. The summed E-state index contributed by atoms with van der Waals surface area (Å²) in [6, 6.07) is 13.3. The predicted molar refractivity (Wildman–Crippen MR) is 94.1 cm³/mol. The molecule has 2 atom stereocenters. The lowest BCUT2D eigenvalue weighted by atomic mass is 9.89. The second-order valence-corrected chi connectivity index (χ2v) is 6.77. The summed E-state index contributed by atoms with van der Waals surface area (Å²) in [5, 5.41) is 19.2. The molecule has 0 aliphatic carbocycles. The zero-order valence-electron chi connectivity index (χ0n) is 14.2. The second kappa shape index (κ2) is 6.97. The lowest BCUT2D eigenvalue weighted by molar-refractivity contribution is -0.132. The zero-order valence-corrected chi connectivity index (χ0v) is 14.2. The van der Waals surface area contributed by atoms with Crippen LogP contribution >= 0.6 is 0 Å². The molecule has 6 heteroatoms. The van der Waals surface area contributed by atoms with Gasteiger partial charge in [0.25, 0.3) is 0 Å². The number of hydrogen-bond donors (Lipinski definition) is 2. The molecule has 2 N–H and O–H groups in total. The highest BCUT2D eigenvalue weighted by molar-refractivity contribution is 5.87. The van der Waals surface area contributed by atoms with Crippen LogP contribution in [0.15, 0.2) is 48.5 Å². The highest BCUT2D eigenvalue weighted by Gasteiger charge is 2.36. The summed E-state index contributed by atoms with van der Waals surface area (Å²) in [7, 11) is 0. The van der Waals surface area contributed by atoms with Crippen LogP contribution in [0.3, 0.4) is 0 Å². The molecule has 26 heavy (non-hydrogen) atoms. The number of hydrogen-bond acceptors (Lipinski definition) is 5. The summed E-state index contributed by atoms with van der Waals surface area (Å²) < 4.78 is 10.6. The molecule has 2 aliphatic heterocycles. The molecule has 2 aromatic carbocycles. The molecule has 0 aromatic heterocycles. The zero-order chi connectivity index (χ0) is 18.1. The number of epoxide rings is 2. The van der Waals surface area contributed by atoms with E-state index in [9.17, 15) is 15.0 Å². The van der Waals surface area contributed by atoms with Crippen molar-refractivity contribution in [1.82, 2.24) is 4.90 Å². The summed E-state index contributed by atoms with van der Waals surface area (Å²) in [5.74, 6) is -0.248. The summed E-state index contributed by atoms with van der Waals surface area (Å²) in [6.07, 6.45) is 0.191. The van der Waals surface area contributed by atoms with Crippen LogP contribution in [0.25, 0.3) is 0 Å². The Hall–Kier alpha value is -2.57. The van der Waals surface area contributed by atoms with Crippen LogP contribution in [0, 0.1) is 0 Å². The molecule has 2 fully saturated rings. The molecule has 0 bridgehead atoms. The third kappa shape index (κ3) is 3.98. The minimum Gasteiger partial charge on any atom is -0.508 e. The molecule has 0 saturated carbocycles. The van der Waals surface area contributed by atoms with Gasteiger partial charge in [-0.25, -0.2) is 0 Å². The standard InChI is InChI=1S/C20H21NO5/c22-15-5-1-13(2-6-15)19(14-3-7-16(23)8-4-14)20(24)21(9-17-11-25-17)10-18-12-26-18/h1-8,17-19,22-23H,9-12H2. The Bertz CT molecular complexity index is 706. The van der Waals surface area contributed by atoms with Crippen LogP contribution in [-0.4, -0.2) is 59.5 Å². The van der Waals surface area contributed by atoms with Gasteiger partial charge in [-0.15, -0.1) is 0 Å². The van der Waals surface area contributed by atoms with Crippen LogP contribution in [0.4, 0.5) is 0 Å². The van der Waals surface area contributed by atoms with Crippen molar-refractivity contribution in [3.8, 4) is 11.5 Å². The summed E-state index contributed by atoms with van der Waals surface area (Å²) in [5.41, 5.74) is 1.58. The number of phenols is 2. The lowest BCUT2D eigenvalue weighted by Crippen LogP contribution is -2.40. The average molecular weight is 355 g/mol. The monoisotopic (exact) mass is 355 g/mol. The van der Waals surface area contributed by atoms with E-state index in [-0.39, 0.29) is 29.6 Å². The molecule has 2 saturated heterocycles. The van der Waals surface area contributed by atoms with Gasteiger partial charge in [0.2, 0.25) is 5.91 Å². The molecule has 1 amide bonds. The molecule has 4 rings (SSSR count). The first-order chi connectivity index (χ1) is 12.6. The minimum absolute atomic E-state index is 0.0348. The van der Waals surface area contributed by atoms with E-state index in [1.54, 1.807) is 53.4 Å². The molecule has 2 heterocycles. The molecule has 6 nitrogen and oxygen atoms in total. The van der Waals surface area contributed by atoms with Gasteiger partial charge in [-0.2, -0.15) is 0 Å². The van der Waals surface area contributed by atoms with Crippen molar-refractivity contribution in [1.29, 1.82) is 0 Å². The highest BCUT2D eigenvalue weighted by Crippen LogP contribution is 2.30. The van der Waals surface area contributed by atoms with E-state index in [4.69, 9.17) is 9.47 Å². The second-order valence-electron chi connectivity index (χ2n) is 6.77. The Labute approximate surface area is 151 Å². The van der Waals surface area contributed by atoms with Crippen LogP contribution in [0.2, 0.25) is 0 Å². The number of ether oxygens (including phenoxy) is 2. The normalized spacial score (nSPS) is 20.8. The number of aromatic hydroxyl groups is 2. The van der Waals surface area contributed by atoms with E-state index in [2.05, 4.69) is 0 Å². The fraction of sp³-hybridized carbons (Fsp3) is 0.350. The number of phenolic OH excluding ortho intramolecular Hbond substituents is 2. The maximum atomic E-state index is 13.4. The van der Waals surface area contributed by atoms with Crippen LogP contribution in [0.1, 0.15) is 17.0 Å². The van der Waals surface area contributed by atoms with Gasteiger partial charge in [0, 0.05) is 13.1 Å². The maximum Gasteiger partial charge on any atom is 0.234 e. The number of benzene rings is 2. The Morgan fingerprint density at radius 3 is 1.62 bits per heavy atom. The Morgan fingerprint density at radius 1 is 0.885 bits per heavy atom. The van der Waals surface area contributed by atoms with Gasteiger partial charge >= 0.3 is 0 Å². The van der Waals surface area contributed by atoms with Gasteiger partial charge in [0.15, 0.2) is 0 Å². The molecule has 2 unspecified atom stereocenters. The van der Waals surface area contributed by atoms with Crippen molar-refractivity contribution < 1.29 is 24.5 Å². The summed E-state index contributed by atoms with van der Waals surface area (Å²) in [4.78, 5) is 15.2. The lowest BCUT2D eigenvalue weighted by Gasteiger charge is -2.27. The largest absolute Gasteiger partial charge is 0.508 e. The Morgan fingerprint density at radius 2 is 1.27 bits per heavy atom. The minimum atomic E-state index is -0.520. The van der Waals surface area contributed by atoms with Gasteiger partial charge in [-0.3, -0.25) is 4.79 Å². The predicted octanol–water partition coefficient (Wildman–Crippen LogP) is 1.86. The van der Waals surface area contributed by atoms with Crippen molar-refractivity contribution in [2.45, 2.75) is 18.1 Å². The van der Waals surface area contributed by atoms with Crippen molar-refractivity contribution in [3.05, 3.63) is 59.7 Å². The van der Waals surface area contributed by atoms with Gasteiger partial charge in [0.1, 0.15) is 11.5 Å². The summed E-state index contributed by atoms with van der Waals surface area (Å²) >= 11 is 0. The number of amides is 1. The first-order valence-corrected chi connectivity index (χ1v) is 8.70. The topological polar surface area (TPSA) is 85.8 Å². The molecule has 0 radical (unpaired) electrons. The number of nitrogens with zero attached hydrogens (tertiary/aromatic N) is 1. The van der Waals surface area contributed by atoms with Crippen LogP contribution in [-0.2, 0) is 14.3 Å². The maximum absolute atomic E-state index is 13.4. The number of carbonyl (C=O) groups is 1. The van der Waals surface area contributed by atoms with Gasteiger partial charge in [0.05, 0.1) is 31.3 Å². The molecule has 0 spiro atoms. The van der Waals surface area contributed by atoms with Gasteiger partial charge in [-0.05, 0) is 35.4 Å². The fourth-order valence-corrected chi connectivity index (χ4v) is 3.09. The van der Waals surface area contributed by atoms with E-state index < -0.39 is 5.92 Å².